The molecule has 0 saturated carbocycles. The number of anilines is 1. The van der Waals surface area contributed by atoms with Crippen LogP contribution < -0.4 is 9.62 Å². The Morgan fingerprint density at radius 3 is 2.11 bits per heavy atom. The molecule has 7 nitrogen and oxygen atoms in total. The van der Waals surface area contributed by atoms with Crippen LogP contribution in [0, 0.1) is 19.8 Å². The lowest BCUT2D eigenvalue weighted by molar-refractivity contribution is -0.139. The van der Waals surface area contributed by atoms with Crippen molar-refractivity contribution in [3.63, 3.8) is 0 Å². The quantitative estimate of drug-likeness (QED) is 0.477. The number of carbonyl (C=O) groups excluding carboxylic acids is 2. The maximum atomic E-state index is 13.6. The summed E-state index contributed by atoms with van der Waals surface area (Å²) in [6.07, 6.45) is 1.05. The molecule has 0 radical (unpaired) electrons. The van der Waals surface area contributed by atoms with Crippen molar-refractivity contribution in [3.05, 3.63) is 63.1 Å². The molecule has 2 amide bonds. The van der Waals surface area contributed by atoms with Crippen molar-refractivity contribution < 1.29 is 18.0 Å². The zero-order valence-electron chi connectivity index (χ0n) is 20.9. The van der Waals surface area contributed by atoms with Gasteiger partial charge in [-0.1, -0.05) is 55.2 Å². The van der Waals surface area contributed by atoms with Gasteiger partial charge in [0.15, 0.2) is 0 Å². The van der Waals surface area contributed by atoms with Gasteiger partial charge in [0, 0.05) is 28.7 Å². The molecule has 0 aliphatic rings. The van der Waals surface area contributed by atoms with Crippen LogP contribution in [0.2, 0.25) is 10.0 Å². The van der Waals surface area contributed by atoms with Crippen molar-refractivity contribution in [1.82, 2.24) is 10.2 Å². The minimum absolute atomic E-state index is 0.0575. The van der Waals surface area contributed by atoms with E-state index in [0.29, 0.717) is 27.8 Å². The summed E-state index contributed by atoms with van der Waals surface area (Å²) < 4.78 is 26.5. The van der Waals surface area contributed by atoms with Gasteiger partial charge in [-0.2, -0.15) is 0 Å². The number of hydrogen-bond donors (Lipinski definition) is 1. The number of halogens is 2. The summed E-state index contributed by atoms with van der Waals surface area (Å²) >= 11 is 12.7. The molecule has 0 fully saturated rings. The van der Waals surface area contributed by atoms with Crippen LogP contribution in [-0.2, 0) is 26.2 Å². The average molecular weight is 543 g/mol. The molecule has 0 aliphatic heterocycles. The second-order valence-corrected chi connectivity index (χ2v) is 11.7. The summed E-state index contributed by atoms with van der Waals surface area (Å²) in [6, 6.07) is 9.35. The second-order valence-electron chi connectivity index (χ2n) is 9.03. The molecule has 1 N–H and O–H groups in total. The number of aryl methyl sites for hydroxylation is 1. The average Bonchev–Trinajstić information content (AvgIpc) is 2.76. The summed E-state index contributed by atoms with van der Waals surface area (Å²) in [5.74, 6) is -0.689. The van der Waals surface area contributed by atoms with Crippen LogP contribution in [-0.4, -0.2) is 50.5 Å². The highest BCUT2D eigenvalue weighted by molar-refractivity contribution is 7.92. The topological polar surface area (TPSA) is 86.8 Å². The van der Waals surface area contributed by atoms with Gasteiger partial charge >= 0.3 is 0 Å². The Hall–Kier alpha value is -2.29. The number of nitrogens with one attached hydrogen (secondary N) is 1. The summed E-state index contributed by atoms with van der Waals surface area (Å²) in [4.78, 5) is 27.8. The van der Waals surface area contributed by atoms with E-state index in [1.807, 2.05) is 26.8 Å². The van der Waals surface area contributed by atoms with E-state index in [1.165, 1.54) is 4.90 Å². The molecule has 0 unspecified atom stereocenters. The number of amides is 2. The number of carbonyl (C=O) groups is 2. The minimum atomic E-state index is -3.81. The van der Waals surface area contributed by atoms with E-state index in [0.717, 1.165) is 21.7 Å². The Kier molecular flexibility index (Phi) is 10.0. The van der Waals surface area contributed by atoms with Crippen LogP contribution in [0.4, 0.5) is 5.69 Å². The second kappa shape index (κ2) is 12.1. The van der Waals surface area contributed by atoms with E-state index in [2.05, 4.69) is 5.32 Å². The van der Waals surface area contributed by atoms with E-state index in [9.17, 15) is 18.0 Å². The van der Waals surface area contributed by atoms with Gasteiger partial charge in [-0.25, -0.2) is 8.42 Å². The largest absolute Gasteiger partial charge is 0.354 e. The maximum Gasteiger partial charge on any atom is 0.244 e. The first kappa shape index (κ1) is 28.9. The third kappa shape index (κ3) is 7.59. The Bertz CT molecular complexity index is 1160. The van der Waals surface area contributed by atoms with Gasteiger partial charge in [0.25, 0.3) is 0 Å². The third-order valence-electron chi connectivity index (χ3n) is 5.77. The number of benzene rings is 2. The van der Waals surface area contributed by atoms with Crippen LogP contribution >= 0.6 is 23.2 Å². The van der Waals surface area contributed by atoms with Crippen molar-refractivity contribution in [2.45, 2.75) is 47.2 Å². The fourth-order valence-electron chi connectivity index (χ4n) is 3.49. The van der Waals surface area contributed by atoms with E-state index in [4.69, 9.17) is 23.2 Å². The monoisotopic (exact) mass is 541 g/mol. The van der Waals surface area contributed by atoms with E-state index >= 15 is 0 Å². The molecule has 192 valence electrons. The Morgan fingerprint density at radius 2 is 1.57 bits per heavy atom. The van der Waals surface area contributed by atoms with Crippen molar-refractivity contribution in [3.8, 4) is 0 Å². The Labute approximate surface area is 218 Å². The number of hydrogen-bond acceptors (Lipinski definition) is 4. The van der Waals surface area contributed by atoms with E-state index in [-0.39, 0.29) is 18.4 Å². The van der Waals surface area contributed by atoms with Gasteiger partial charge in [-0.05, 0) is 56.0 Å². The van der Waals surface area contributed by atoms with Crippen molar-refractivity contribution in [1.29, 1.82) is 0 Å². The highest BCUT2D eigenvalue weighted by atomic mass is 35.5. The molecule has 1 atom stereocenters. The first-order valence-electron chi connectivity index (χ1n) is 11.3. The van der Waals surface area contributed by atoms with E-state index < -0.39 is 28.5 Å². The third-order valence-corrected chi connectivity index (χ3v) is 7.60. The Balaban J connectivity index is 2.47. The van der Waals surface area contributed by atoms with Crippen LogP contribution in [0.25, 0.3) is 0 Å². The predicted octanol–water partition coefficient (Wildman–Crippen LogP) is 4.57. The SMILES string of the molecule is Cc1cccc(N(CC(=O)N(Cc2c(Cl)cccc2Cl)[C@@H](C)C(=O)NCC(C)C)S(C)(=O)=O)c1C. The molecule has 0 spiro atoms. The number of nitrogens with zero attached hydrogens (tertiary/aromatic N) is 2. The van der Waals surface area contributed by atoms with Gasteiger partial charge < -0.3 is 10.2 Å². The lowest BCUT2D eigenvalue weighted by atomic mass is 10.1. The minimum Gasteiger partial charge on any atom is -0.354 e. The van der Waals surface area contributed by atoms with Crippen molar-refractivity contribution >= 4 is 50.7 Å². The normalized spacial score (nSPS) is 12.4. The highest BCUT2D eigenvalue weighted by Gasteiger charge is 2.31. The van der Waals surface area contributed by atoms with Crippen LogP contribution in [0.15, 0.2) is 36.4 Å². The van der Waals surface area contributed by atoms with Gasteiger partial charge in [0.2, 0.25) is 21.8 Å². The highest BCUT2D eigenvalue weighted by Crippen LogP contribution is 2.28. The van der Waals surface area contributed by atoms with Gasteiger partial charge in [-0.3, -0.25) is 13.9 Å². The lowest BCUT2D eigenvalue weighted by Crippen LogP contribution is -2.51. The molecular formula is C25H33Cl2N3O4S. The number of sulfonamides is 1. The van der Waals surface area contributed by atoms with Gasteiger partial charge in [0.05, 0.1) is 11.9 Å². The summed E-state index contributed by atoms with van der Waals surface area (Å²) in [5.41, 5.74) is 2.53. The zero-order chi connectivity index (χ0) is 26.5. The van der Waals surface area contributed by atoms with Crippen LogP contribution in [0.5, 0.6) is 0 Å². The predicted molar refractivity (Wildman–Crippen MR) is 142 cm³/mol. The Morgan fingerprint density at radius 1 is 1.00 bits per heavy atom. The molecule has 2 aromatic rings. The first-order valence-corrected chi connectivity index (χ1v) is 13.9. The van der Waals surface area contributed by atoms with E-state index in [1.54, 1.807) is 44.2 Å². The lowest BCUT2D eigenvalue weighted by Gasteiger charge is -2.32. The maximum absolute atomic E-state index is 13.6. The van der Waals surface area contributed by atoms with Gasteiger partial charge in [-0.15, -0.1) is 0 Å². The summed E-state index contributed by atoms with van der Waals surface area (Å²) in [5, 5.41) is 3.53. The fraction of sp³-hybridized carbons (Fsp3) is 0.440. The van der Waals surface area contributed by atoms with Crippen LogP contribution in [0.1, 0.15) is 37.5 Å². The standard InChI is InChI=1S/C25H33Cl2N3O4S/c1-16(2)13-28-25(32)19(5)29(14-20-21(26)10-8-11-22(20)27)24(31)15-30(35(6,33)34)23-12-7-9-17(3)18(23)4/h7-12,16,19H,13-15H2,1-6H3,(H,28,32)/t19-/m0/s1. The molecule has 2 aromatic carbocycles. The molecule has 0 bridgehead atoms. The van der Waals surface area contributed by atoms with Crippen molar-refractivity contribution in [2.24, 2.45) is 5.92 Å². The molecule has 35 heavy (non-hydrogen) atoms. The summed E-state index contributed by atoms with van der Waals surface area (Å²) in [7, 11) is -3.81. The molecule has 0 saturated heterocycles. The molecular weight excluding hydrogens is 509 g/mol. The molecule has 0 aliphatic carbocycles. The molecule has 2 rings (SSSR count). The zero-order valence-corrected chi connectivity index (χ0v) is 23.3. The molecule has 0 aromatic heterocycles. The number of rotatable bonds is 10. The molecule has 0 heterocycles. The van der Waals surface area contributed by atoms with Crippen LogP contribution in [0.3, 0.4) is 0 Å². The fourth-order valence-corrected chi connectivity index (χ4v) is 4.91. The smallest absolute Gasteiger partial charge is 0.244 e. The molecule has 10 heteroatoms. The van der Waals surface area contributed by atoms with Crippen molar-refractivity contribution in [2.75, 3.05) is 23.7 Å². The summed E-state index contributed by atoms with van der Waals surface area (Å²) in [6.45, 7) is 9.10. The first-order chi connectivity index (χ1) is 16.2. The van der Waals surface area contributed by atoms with Gasteiger partial charge in [0.1, 0.15) is 12.6 Å².